The summed E-state index contributed by atoms with van der Waals surface area (Å²) in [5.74, 6) is 0.220. The largest absolute Gasteiger partial charge is 0.491 e. The predicted octanol–water partition coefficient (Wildman–Crippen LogP) is 0.885. The second kappa shape index (κ2) is 7.50. The molecule has 0 radical (unpaired) electrons. The third kappa shape index (κ3) is 5.49. The Kier molecular flexibility index (Phi) is 5.93. The van der Waals surface area contributed by atoms with Crippen molar-refractivity contribution in [1.29, 1.82) is 0 Å². The molecule has 0 aliphatic carbocycles. The highest BCUT2D eigenvalue weighted by Crippen LogP contribution is 2.11. The maximum atomic E-state index is 12.6. The van der Waals surface area contributed by atoms with Crippen LogP contribution < -0.4 is 15.4 Å². The summed E-state index contributed by atoms with van der Waals surface area (Å²) in [6, 6.07) is 5.10. The average molecular weight is 256 g/mol. The molecule has 3 N–H and O–H groups in total. The number of ether oxygens (including phenoxy) is 1. The van der Waals surface area contributed by atoms with Gasteiger partial charge in [0.05, 0.1) is 12.6 Å². The van der Waals surface area contributed by atoms with Gasteiger partial charge in [-0.2, -0.15) is 0 Å². The number of aliphatic hydroxyl groups is 1. The number of urea groups is 1. The first-order valence-corrected chi connectivity index (χ1v) is 5.65. The van der Waals surface area contributed by atoms with Crippen LogP contribution in [0.1, 0.15) is 6.92 Å². The van der Waals surface area contributed by atoms with Gasteiger partial charge in [-0.05, 0) is 31.2 Å². The Morgan fingerprint density at radius 1 is 1.44 bits per heavy atom. The molecule has 1 atom stereocenters. The molecule has 5 nitrogen and oxygen atoms in total. The Bertz CT molecular complexity index is 370. The number of hydrogen-bond donors (Lipinski definition) is 3. The van der Waals surface area contributed by atoms with Crippen LogP contribution in [0.2, 0.25) is 0 Å². The molecular weight excluding hydrogens is 239 g/mol. The first-order chi connectivity index (χ1) is 8.61. The molecule has 2 amide bonds. The van der Waals surface area contributed by atoms with E-state index in [-0.39, 0.29) is 37.6 Å². The summed E-state index contributed by atoms with van der Waals surface area (Å²) in [6.07, 6.45) is 0. The molecular formula is C12H17FN2O3. The minimum atomic E-state index is -0.362. The lowest BCUT2D eigenvalue weighted by Crippen LogP contribution is -2.44. The van der Waals surface area contributed by atoms with Gasteiger partial charge in [0.15, 0.2) is 0 Å². The third-order valence-corrected chi connectivity index (χ3v) is 2.09. The Morgan fingerprint density at radius 3 is 2.72 bits per heavy atom. The van der Waals surface area contributed by atoms with Crippen molar-refractivity contribution in [3.05, 3.63) is 30.1 Å². The monoisotopic (exact) mass is 256 g/mol. The molecule has 0 saturated heterocycles. The van der Waals surface area contributed by atoms with Crippen molar-refractivity contribution in [2.45, 2.75) is 13.0 Å². The van der Waals surface area contributed by atoms with E-state index in [1.54, 1.807) is 6.92 Å². The van der Waals surface area contributed by atoms with E-state index < -0.39 is 0 Å². The van der Waals surface area contributed by atoms with Gasteiger partial charge in [0.25, 0.3) is 0 Å². The SMILES string of the molecule is CC(COc1ccc(F)cc1)NC(=O)NCCO. The minimum absolute atomic E-state index is 0.103. The fraction of sp³-hybridized carbons (Fsp3) is 0.417. The van der Waals surface area contributed by atoms with E-state index >= 15 is 0 Å². The van der Waals surface area contributed by atoms with E-state index in [1.165, 1.54) is 24.3 Å². The molecule has 1 rings (SSSR count). The lowest BCUT2D eigenvalue weighted by Gasteiger charge is -2.15. The number of rotatable bonds is 6. The molecule has 6 heteroatoms. The van der Waals surface area contributed by atoms with E-state index in [2.05, 4.69) is 10.6 Å². The van der Waals surface area contributed by atoms with Gasteiger partial charge < -0.3 is 20.5 Å². The number of nitrogens with one attached hydrogen (secondary N) is 2. The molecule has 100 valence electrons. The smallest absolute Gasteiger partial charge is 0.315 e. The molecule has 1 aromatic rings. The molecule has 0 aromatic heterocycles. The minimum Gasteiger partial charge on any atom is -0.491 e. The predicted molar refractivity (Wildman–Crippen MR) is 65.0 cm³/mol. The van der Waals surface area contributed by atoms with Gasteiger partial charge in [0.2, 0.25) is 0 Å². The fourth-order valence-electron chi connectivity index (χ4n) is 1.24. The molecule has 0 bridgehead atoms. The van der Waals surface area contributed by atoms with Crippen LogP contribution in [-0.2, 0) is 0 Å². The van der Waals surface area contributed by atoms with E-state index in [0.717, 1.165) is 0 Å². The van der Waals surface area contributed by atoms with Crippen molar-refractivity contribution in [3.63, 3.8) is 0 Å². The van der Waals surface area contributed by atoms with Gasteiger partial charge in [-0.1, -0.05) is 0 Å². The molecule has 0 heterocycles. The Balaban J connectivity index is 2.26. The van der Waals surface area contributed by atoms with E-state index in [0.29, 0.717) is 5.75 Å². The highest BCUT2D eigenvalue weighted by atomic mass is 19.1. The van der Waals surface area contributed by atoms with Crippen molar-refractivity contribution in [2.75, 3.05) is 19.8 Å². The lowest BCUT2D eigenvalue weighted by molar-refractivity contribution is 0.221. The van der Waals surface area contributed by atoms with Crippen LogP contribution in [0.25, 0.3) is 0 Å². The highest BCUT2D eigenvalue weighted by molar-refractivity contribution is 5.74. The summed E-state index contributed by atoms with van der Waals surface area (Å²) >= 11 is 0. The van der Waals surface area contributed by atoms with Gasteiger partial charge in [-0.15, -0.1) is 0 Å². The number of carbonyl (C=O) groups is 1. The Hall–Kier alpha value is -1.82. The maximum absolute atomic E-state index is 12.6. The van der Waals surface area contributed by atoms with Crippen LogP contribution in [0.3, 0.4) is 0 Å². The zero-order valence-corrected chi connectivity index (χ0v) is 10.1. The van der Waals surface area contributed by atoms with Crippen molar-refractivity contribution >= 4 is 6.03 Å². The second-order valence-electron chi connectivity index (χ2n) is 3.79. The first kappa shape index (κ1) is 14.2. The topological polar surface area (TPSA) is 70.6 Å². The summed E-state index contributed by atoms with van der Waals surface area (Å²) in [7, 11) is 0. The summed E-state index contributed by atoms with van der Waals surface area (Å²) in [4.78, 5) is 11.2. The summed E-state index contributed by atoms with van der Waals surface area (Å²) < 4.78 is 18.0. The van der Waals surface area contributed by atoms with Crippen molar-refractivity contribution in [1.82, 2.24) is 10.6 Å². The average Bonchev–Trinajstić information content (AvgIpc) is 2.35. The van der Waals surface area contributed by atoms with Crippen LogP contribution in [0, 0.1) is 5.82 Å². The molecule has 0 saturated carbocycles. The molecule has 0 aliphatic heterocycles. The molecule has 18 heavy (non-hydrogen) atoms. The van der Waals surface area contributed by atoms with E-state index in [4.69, 9.17) is 9.84 Å². The third-order valence-electron chi connectivity index (χ3n) is 2.09. The van der Waals surface area contributed by atoms with Crippen LogP contribution in [0.5, 0.6) is 5.75 Å². The van der Waals surface area contributed by atoms with Crippen LogP contribution in [0.4, 0.5) is 9.18 Å². The van der Waals surface area contributed by atoms with Crippen molar-refractivity contribution < 1.29 is 19.0 Å². The summed E-state index contributed by atoms with van der Waals surface area (Å²) in [5, 5.41) is 13.6. The molecule has 0 fully saturated rings. The van der Waals surface area contributed by atoms with Gasteiger partial charge >= 0.3 is 6.03 Å². The van der Waals surface area contributed by atoms with Gasteiger partial charge in [-0.25, -0.2) is 9.18 Å². The normalized spacial score (nSPS) is 11.7. The van der Waals surface area contributed by atoms with Crippen LogP contribution in [0.15, 0.2) is 24.3 Å². The number of aliphatic hydroxyl groups excluding tert-OH is 1. The molecule has 1 aromatic carbocycles. The second-order valence-corrected chi connectivity index (χ2v) is 3.79. The number of hydrogen-bond acceptors (Lipinski definition) is 3. The first-order valence-electron chi connectivity index (χ1n) is 5.65. The zero-order chi connectivity index (χ0) is 13.4. The summed E-state index contributed by atoms with van der Waals surface area (Å²) in [6.45, 7) is 2.16. The molecule has 0 aliphatic rings. The van der Waals surface area contributed by atoms with Gasteiger partial charge in [0, 0.05) is 6.54 Å². The lowest BCUT2D eigenvalue weighted by atomic mass is 10.3. The van der Waals surface area contributed by atoms with Crippen LogP contribution >= 0.6 is 0 Å². The number of benzene rings is 1. The highest BCUT2D eigenvalue weighted by Gasteiger charge is 2.07. The number of amides is 2. The number of halogens is 1. The van der Waals surface area contributed by atoms with E-state index in [9.17, 15) is 9.18 Å². The Labute approximate surface area is 105 Å². The molecule has 0 spiro atoms. The molecule has 1 unspecified atom stereocenters. The van der Waals surface area contributed by atoms with E-state index in [1.807, 2.05) is 0 Å². The standard InChI is InChI=1S/C12H17FN2O3/c1-9(15-12(17)14-6-7-16)8-18-11-4-2-10(13)3-5-11/h2-5,9,16H,6-8H2,1H3,(H2,14,15,17). The quantitative estimate of drug-likeness (QED) is 0.707. The van der Waals surface area contributed by atoms with Crippen molar-refractivity contribution in [2.24, 2.45) is 0 Å². The summed E-state index contributed by atoms with van der Waals surface area (Å²) in [5.41, 5.74) is 0. The fourth-order valence-corrected chi connectivity index (χ4v) is 1.24. The zero-order valence-electron chi connectivity index (χ0n) is 10.1. The Morgan fingerprint density at radius 2 is 2.11 bits per heavy atom. The van der Waals surface area contributed by atoms with Crippen LogP contribution in [-0.4, -0.2) is 36.9 Å². The van der Waals surface area contributed by atoms with Gasteiger partial charge in [0.1, 0.15) is 18.2 Å². The maximum Gasteiger partial charge on any atom is 0.315 e. The van der Waals surface area contributed by atoms with Crippen molar-refractivity contribution in [3.8, 4) is 5.75 Å². The number of carbonyl (C=O) groups excluding carboxylic acids is 1. The van der Waals surface area contributed by atoms with Gasteiger partial charge in [-0.3, -0.25) is 0 Å².